The normalized spacial score (nSPS) is 27.5. The lowest BCUT2D eigenvalue weighted by Gasteiger charge is -2.26. The molecule has 0 aromatic heterocycles. The highest BCUT2D eigenvalue weighted by molar-refractivity contribution is 4.96. The van der Waals surface area contributed by atoms with Gasteiger partial charge in [-0.3, -0.25) is 0 Å². The van der Waals surface area contributed by atoms with Crippen LogP contribution in [0.15, 0.2) is 0 Å². The van der Waals surface area contributed by atoms with Gasteiger partial charge in [-0.25, -0.2) is 0 Å². The van der Waals surface area contributed by atoms with Gasteiger partial charge in [0.15, 0.2) is 0 Å². The summed E-state index contributed by atoms with van der Waals surface area (Å²) >= 11 is 0. The largest absolute Gasteiger partial charge is 0.381 e. The molecule has 0 atom stereocenters. The fourth-order valence-electron chi connectivity index (χ4n) is 2.57. The highest BCUT2D eigenvalue weighted by Crippen LogP contribution is 2.51. The van der Waals surface area contributed by atoms with Gasteiger partial charge in [0.25, 0.3) is 0 Å². The zero-order valence-corrected chi connectivity index (χ0v) is 8.64. The van der Waals surface area contributed by atoms with Crippen molar-refractivity contribution in [2.45, 2.75) is 32.1 Å². The molecule has 0 unspecified atom stereocenters. The summed E-state index contributed by atoms with van der Waals surface area (Å²) in [6.07, 6.45) is 6.94. The summed E-state index contributed by atoms with van der Waals surface area (Å²) in [5.41, 5.74) is 0.691. The molecule has 2 aliphatic rings. The molecule has 1 heterocycles. The molecule has 1 saturated heterocycles. The molecule has 0 amide bonds. The Morgan fingerprint density at radius 3 is 2.54 bits per heavy atom. The van der Waals surface area contributed by atoms with E-state index >= 15 is 0 Å². The van der Waals surface area contributed by atoms with Crippen LogP contribution in [0.25, 0.3) is 0 Å². The Kier molecular flexibility index (Phi) is 2.89. The molecule has 0 radical (unpaired) electrons. The first-order valence-electron chi connectivity index (χ1n) is 5.57. The highest BCUT2D eigenvalue weighted by Gasteiger charge is 2.43. The average Bonchev–Trinajstić information content (AvgIpc) is 2.87. The van der Waals surface area contributed by atoms with Gasteiger partial charge in [0.1, 0.15) is 0 Å². The summed E-state index contributed by atoms with van der Waals surface area (Å²) in [5, 5.41) is 3.33. The van der Waals surface area contributed by atoms with Crippen LogP contribution < -0.4 is 5.32 Å². The molecule has 13 heavy (non-hydrogen) atoms. The first-order valence-corrected chi connectivity index (χ1v) is 5.57. The third kappa shape index (κ3) is 2.44. The van der Waals surface area contributed by atoms with Crippen LogP contribution in [0.3, 0.4) is 0 Å². The lowest BCUT2D eigenvalue weighted by atomic mass is 9.87. The van der Waals surface area contributed by atoms with E-state index in [0.717, 1.165) is 19.1 Å². The number of rotatable bonds is 4. The molecular formula is C11H21NO. The third-order valence-electron chi connectivity index (χ3n) is 3.57. The molecule has 0 aromatic rings. The standard InChI is InChI=1S/C11H21NO/c1-12-9-11(4-5-11)8-10-2-6-13-7-3-10/h10,12H,2-9H2,1H3. The van der Waals surface area contributed by atoms with E-state index in [4.69, 9.17) is 4.74 Å². The molecule has 0 bridgehead atoms. The second-order valence-electron chi connectivity index (χ2n) is 4.79. The molecule has 76 valence electrons. The van der Waals surface area contributed by atoms with Crippen LogP contribution in [0.1, 0.15) is 32.1 Å². The maximum absolute atomic E-state index is 5.38. The number of hydrogen-bond donors (Lipinski definition) is 1. The van der Waals surface area contributed by atoms with Gasteiger partial charge in [-0.05, 0) is 50.5 Å². The molecule has 1 aliphatic heterocycles. The van der Waals surface area contributed by atoms with E-state index in [1.807, 2.05) is 0 Å². The summed E-state index contributed by atoms with van der Waals surface area (Å²) in [4.78, 5) is 0. The Morgan fingerprint density at radius 1 is 1.31 bits per heavy atom. The Bertz CT molecular complexity index is 159. The minimum absolute atomic E-state index is 0.691. The number of hydrogen-bond acceptors (Lipinski definition) is 2. The van der Waals surface area contributed by atoms with Crippen LogP contribution in [0, 0.1) is 11.3 Å². The van der Waals surface area contributed by atoms with E-state index in [-0.39, 0.29) is 0 Å². The third-order valence-corrected chi connectivity index (χ3v) is 3.57. The lowest BCUT2D eigenvalue weighted by molar-refractivity contribution is 0.0570. The Labute approximate surface area is 81.0 Å². The smallest absolute Gasteiger partial charge is 0.0468 e. The van der Waals surface area contributed by atoms with Crippen molar-refractivity contribution in [1.29, 1.82) is 0 Å². The molecular weight excluding hydrogens is 162 g/mol. The van der Waals surface area contributed by atoms with E-state index < -0.39 is 0 Å². The topological polar surface area (TPSA) is 21.3 Å². The average molecular weight is 183 g/mol. The van der Waals surface area contributed by atoms with Gasteiger partial charge < -0.3 is 10.1 Å². The van der Waals surface area contributed by atoms with Crippen molar-refractivity contribution < 1.29 is 4.74 Å². The summed E-state index contributed by atoms with van der Waals surface area (Å²) in [6, 6.07) is 0. The van der Waals surface area contributed by atoms with Crippen LogP contribution in [0.5, 0.6) is 0 Å². The van der Waals surface area contributed by atoms with E-state index in [2.05, 4.69) is 12.4 Å². The zero-order chi connectivity index (χ0) is 9.15. The Morgan fingerprint density at radius 2 is 2.00 bits per heavy atom. The molecule has 1 aliphatic carbocycles. The van der Waals surface area contributed by atoms with Crippen molar-refractivity contribution in [3.63, 3.8) is 0 Å². The zero-order valence-electron chi connectivity index (χ0n) is 8.64. The summed E-state index contributed by atoms with van der Waals surface area (Å²) in [6.45, 7) is 3.23. The van der Waals surface area contributed by atoms with Crippen molar-refractivity contribution in [2.24, 2.45) is 11.3 Å². The van der Waals surface area contributed by atoms with Crippen LogP contribution in [-0.4, -0.2) is 26.8 Å². The molecule has 0 aromatic carbocycles. The number of ether oxygens (including phenoxy) is 1. The van der Waals surface area contributed by atoms with Crippen LogP contribution in [-0.2, 0) is 4.74 Å². The Hall–Kier alpha value is -0.0800. The molecule has 2 heteroatoms. The molecule has 2 rings (SSSR count). The molecule has 0 spiro atoms. The van der Waals surface area contributed by atoms with Gasteiger partial charge in [-0.1, -0.05) is 0 Å². The monoisotopic (exact) mass is 183 g/mol. The second-order valence-corrected chi connectivity index (χ2v) is 4.79. The molecule has 1 N–H and O–H groups in total. The van der Waals surface area contributed by atoms with Crippen LogP contribution >= 0.6 is 0 Å². The summed E-state index contributed by atoms with van der Waals surface area (Å²) in [5.74, 6) is 0.949. The van der Waals surface area contributed by atoms with E-state index in [0.29, 0.717) is 5.41 Å². The second kappa shape index (κ2) is 3.97. The SMILES string of the molecule is CNCC1(CC2CCOCC2)CC1. The van der Waals surface area contributed by atoms with Gasteiger partial charge >= 0.3 is 0 Å². The van der Waals surface area contributed by atoms with Gasteiger partial charge in [0.2, 0.25) is 0 Å². The van der Waals surface area contributed by atoms with E-state index in [9.17, 15) is 0 Å². The van der Waals surface area contributed by atoms with E-state index in [1.54, 1.807) is 0 Å². The molecule has 2 fully saturated rings. The van der Waals surface area contributed by atoms with Crippen LogP contribution in [0.4, 0.5) is 0 Å². The van der Waals surface area contributed by atoms with Gasteiger partial charge in [-0.15, -0.1) is 0 Å². The predicted octanol–water partition coefficient (Wildman–Crippen LogP) is 1.80. The summed E-state index contributed by atoms with van der Waals surface area (Å²) < 4.78 is 5.38. The first-order chi connectivity index (χ1) is 6.35. The minimum atomic E-state index is 0.691. The highest BCUT2D eigenvalue weighted by atomic mass is 16.5. The fraction of sp³-hybridized carbons (Fsp3) is 1.00. The first kappa shape index (κ1) is 9.47. The summed E-state index contributed by atoms with van der Waals surface area (Å²) in [7, 11) is 2.07. The van der Waals surface area contributed by atoms with E-state index in [1.165, 1.54) is 38.6 Å². The van der Waals surface area contributed by atoms with Gasteiger partial charge in [0.05, 0.1) is 0 Å². The van der Waals surface area contributed by atoms with Gasteiger partial charge in [0, 0.05) is 19.8 Å². The van der Waals surface area contributed by atoms with Crippen molar-refractivity contribution in [3.05, 3.63) is 0 Å². The van der Waals surface area contributed by atoms with Crippen molar-refractivity contribution in [1.82, 2.24) is 5.32 Å². The molecule has 2 nitrogen and oxygen atoms in total. The van der Waals surface area contributed by atoms with Crippen molar-refractivity contribution >= 4 is 0 Å². The lowest BCUT2D eigenvalue weighted by Crippen LogP contribution is -2.25. The molecule has 1 saturated carbocycles. The van der Waals surface area contributed by atoms with Crippen molar-refractivity contribution in [2.75, 3.05) is 26.8 Å². The van der Waals surface area contributed by atoms with Crippen molar-refractivity contribution in [3.8, 4) is 0 Å². The minimum Gasteiger partial charge on any atom is -0.381 e. The van der Waals surface area contributed by atoms with Crippen LogP contribution in [0.2, 0.25) is 0 Å². The quantitative estimate of drug-likeness (QED) is 0.717. The maximum Gasteiger partial charge on any atom is 0.0468 e. The maximum atomic E-state index is 5.38. The van der Waals surface area contributed by atoms with Gasteiger partial charge in [-0.2, -0.15) is 0 Å². The predicted molar refractivity (Wildman–Crippen MR) is 53.8 cm³/mol. The fourth-order valence-corrected chi connectivity index (χ4v) is 2.57. The Balaban J connectivity index is 1.76. The number of nitrogens with one attached hydrogen (secondary N) is 1.